The zero-order valence-electron chi connectivity index (χ0n) is 44.9. The Labute approximate surface area is 435 Å². The maximum absolute atomic E-state index is 13.1. The van der Waals surface area contributed by atoms with Gasteiger partial charge in [-0.05, 0) is 97.9 Å². The average Bonchev–Trinajstić information content (AvgIpc) is 3.38. The Hall–Kier alpha value is -3.32. The third-order valence-corrected chi connectivity index (χ3v) is 13.9. The first-order valence-corrected chi connectivity index (χ1v) is 29.9. The second kappa shape index (κ2) is 44.4. The highest BCUT2D eigenvalue weighted by Gasteiger charge is 2.14. The number of esters is 1. The van der Waals surface area contributed by atoms with Crippen LogP contribution in [0, 0.1) is 0 Å². The fourth-order valence-electron chi connectivity index (χ4n) is 9.07. The summed E-state index contributed by atoms with van der Waals surface area (Å²) >= 11 is 4.29. The molecule has 0 spiro atoms. The van der Waals surface area contributed by atoms with Crippen LogP contribution >= 0.6 is 12.6 Å². The van der Waals surface area contributed by atoms with Crippen molar-refractivity contribution in [2.45, 2.75) is 245 Å². The lowest BCUT2D eigenvalue weighted by Crippen LogP contribution is -2.08. The van der Waals surface area contributed by atoms with E-state index in [1.54, 1.807) is 0 Å². The Morgan fingerprint density at radius 2 is 0.657 bits per heavy atom. The van der Waals surface area contributed by atoms with Gasteiger partial charge in [0.15, 0.2) is 11.5 Å². The van der Waals surface area contributed by atoms with E-state index in [9.17, 15) is 4.79 Å². The molecule has 0 bridgehead atoms. The lowest BCUT2D eigenvalue weighted by molar-refractivity contribution is 0.0497. The van der Waals surface area contributed by atoms with Gasteiger partial charge >= 0.3 is 5.97 Å². The molecule has 0 aliphatic rings. The van der Waals surface area contributed by atoms with Crippen molar-refractivity contribution in [3.05, 3.63) is 72.3 Å². The lowest BCUT2D eigenvalue weighted by atomic mass is 10.1. The molecular weight excluding hydrogens is 885 g/mol. The van der Waals surface area contributed by atoms with Gasteiger partial charge in [-0.3, -0.25) is 0 Å². The maximum Gasteiger partial charge on any atom is 0.338 e. The summed E-state index contributed by atoms with van der Waals surface area (Å²) in [4.78, 5) is 13.1. The minimum absolute atomic E-state index is 0.281. The topological polar surface area (TPSA) is 63.2 Å². The molecule has 0 aromatic heterocycles. The molecule has 0 aliphatic heterocycles. The quantitative estimate of drug-likeness (QED) is 0.0345. The number of rotatable bonds is 49. The van der Waals surface area contributed by atoms with Gasteiger partial charge in [0.1, 0.15) is 11.5 Å². The molecule has 0 aliphatic carbocycles. The molecule has 0 heterocycles. The zero-order chi connectivity index (χ0) is 49.6. The molecule has 0 fully saturated rings. The Morgan fingerprint density at radius 1 is 0.343 bits per heavy atom. The highest BCUT2D eigenvalue weighted by molar-refractivity contribution is 7.80. The number of hydrogen-bond donors (Lipinski definition) is 1. The molecule has 0 amide bonds. The lowest BCUT2D eigenvalue weighted by Gasteiger charge is -2.14. The van der Waals surface area contributed by atoms with Crippen molar-refractivity contribution in [2.24, 2.45) is 0 Å². The molecule has 7 heteroatoms. The highest BCUT2D eigenvalue weighted by atomic mass is 32.1. The summed E-state index contributed by atoms with van der Waals surface area (Å²) in [5.74, 6) is 4.01. The van der Waals surface area contributed by atoms with E-state index in [1.165, 1.54) is 197 Å². The van der Waals surface area contributed by atoms with Gasteiger partial charge < -0.3 is 23.7 Å². The summed E-state index contributed by atoms with van der Waals surface area (Å²) in [7, 11) is 0. The van der Waals surface area contributed by atoms with E-state index in [1.807, 2.05) is 18.2 Å². The van der Waals surface area contributed by atoms with Crippen LogP contribution in [-0.4, -0.2) is 44.8 Å². The predicted octanol–water partition coefficient (Wildman–Crippen LogP) is 19.7. The Balaban J connectivity index is 1.23. The van der Waals surface area contributed by atoms with Crippen molar-refractivity contribution < 1.29 is 28.5 Å². The fraction of sp³-hybridized carbons (Fsp3) is 0.698. The van der Waals surface area contributed by atoms with Crippen LogP contribution < -0.4 is 18.9 Å². The summed E-state index contributed by atoms with van der Waals surface area (Å²) in [6.07, 6.45) is 45.1. The molecule has 0 unspecified atom stereocenters. The average molecular weight is 988 g/mol. The van der Waals surface area contributed by atoms with E-state index in [0.717, 1.165) is 81.2 Å². The summed E-state index contributed by atoms with van der Waals surface area (Å²) < 4.78 is 30.3. The van der Waals surface area contributed by atoms with E-state index < -0.39 is 0 Å². The SMILES string of the molecule is CCCCCCCCCCCCOc1ccc(C(=O)OCCCCCCCCCCOc2ccc(-c3ccc(OCCCCCCCCCCS)cc3)cc2)cc1OCCCCCCCCCCCC. The van der Waals surface area contributed by atoms with E-state index in [2.05, 4.69) is 75.0 Å². The van der Waals surface area contributed by atoms with Crippen LogP contribution in [0.25, 0.3) is 11.1 Å². The molecule has 6 nitrogen and oxygen atoms in total. The molecule has 0 saturated carbocycles. The summed E-state index contributed by atoms with van der Waals surface area (Å²) in [5.41, 5.74) is 2.91. The summed E-state index contributed by atoms with van der Waals surface area (Å²) in [5, 5.41) is 0. The van der Waals surface area contributed by atoms with Crippen LogP contribution in [0.4, 0.5) is 0 Å². The van der Waals surface area contributed by atoms with Crippen molar-refractivity contribution >= 4 is 18.6 Å². The second-order valence-electron chi connectivity index (χ2n) is 20.0. The molecular formula is C63H102O6S. The number of thiol groups is 1. The van der Waals surface area contributed by atoms with Crippen LogP contribution in [0.3, 0.4) is 0 Å². The summed E-state index contributed by atoms with van der Waals surface area (Å²) in [6, 6.07) is 22.5. The standard InChI is InChI=1S/C63H102O6S/c1-3-5-7-9-11-13-15-23-29-35-51-67-61-48-43-58(55-62(61)68-52-36-30-24-16-14-12-10-8-6-4-2)63(64)69-53-37-31-25-18-17-21-27-33-49-65-59-44-39-56(40-45-59)57-41-46-60(47-42-57)66-50-34-28-22-19-20-26-32-38-54-70/h39-48,55,70H,3-38,49-54H2,1-2H3. The monoisotopic (exact) mass is 987 g/mol. The smallest absolute Gasteiger partial charge is 0.338 e. The van der Waals surface area contributed by atoms with Gasteiger partial charge in [-0.2, -0.15) is 12.6 Å². The Kier molecular flexibility index (Phi) is 38.7. The summed E-state index contributed by atoms with van der Waals surface area (Å²) in [6.45, 7) is 7.84. The van der Waals surface area contributed by atoms with Crippen molar-refractivity contribution in [3.63, 3.8) is 0 Å². The van der Waals surface area contributed by atoms with Crippen LogP contribution in [0.15, 0.2) is 66.7 Å². The first kappa shape index (κ1) is 61.0. The number of unbranched alkanes of at least 4 members (excludes halogenated alkanes) is 32. The van der Waals surface area contributed by atoms with Gasteiger partial charge in [0.05, 0.1) is 38.6 Å². The van der Waals surface area contributed by atoms with Crippen molar-refractivity contribution in [3.8, 4) is 34.1 Å². The van der Waals surface area contributed by atoms with E-state index in [4.69, 9.17) is 23.7 Å². The number of benzene rings is 3. The highest BCUT2D eigenvalue weighted by Crippen LogP contribution is 2.30. The first-order valence-electron chi connectivity index (χ1n) is 29.3. The number of hydrogen-bond acceptors (Lipinski definition) is 7. The van der Waals surface area contributed by atoms with Crippen molar-refractivity contribution in [2.75, 3.05) is 38.8 Å². The second-order valence-corrected chi connectivity index (χ2v) is 20.4. The molecule has 0 saturated heterocycles. The molecule has 396 valence electrons. The van der Waals surface area contributed by atoms with Gasteiger partial charge in [0, 0.05) is 0 Å². The minimum Gasteiger partial charge on any atom is -0.494 e. The molecule has 0 atom stereocenters. The van der Waals surface area contributed by atoms with Gasteiger partial charge in [0.25, 0.3) is 0 Å². The molecule has 3 rings (SSSR count). The van der Waals surface area contributed by atoms with Crippen LogP contribution in [0.5, 0.6) is 23.0 Å². The molecule has 0 N–H and O–H groups in total. The zero-order valence-corrected chi connectivity index (χ0v) is 45.8. The van der Waals surface area contributed by atoms with Crippen LogP contribution in [0.2, 0.25) is 0 Å². The largest absolute Gasteiger partial charge is 0.494 e. The normalized spacial score (nSPS) is 11.2. The molecule has 70 heavy (non-hydrogen) atoms. The predicted molar refractivity (Wildman–Crippen MR) is 302 cm³/mol. The molecule has 0 radical (unpaired) electrons. The van der Waals surface area contributed by atoms with E-state index in [-0.39, 0.29) is 5.97 Å². The molecule has 3 aromatic carbocycles. The third kappa shape index (κ3) is 31.9. The fourth-order valence-corrected chi connectivity index (χ4v) is 9.29. The maximum atomic E-state index is 13.1. The Morgan fingerprint density at radius 3 is 1.03 bits per heavy atom. The Bertz CT molecular complexity index is 1630. The van der Waals surface area contributed by atoms with Gasteiger partial charge in [0.2, 0.25) is 0 Å². The van der Waals surface area contributed by atoms with E-state index >= 15 is 0 Å². The van der Waals surface area contributed by atoms with Crippen LogP contribution in [0.1, 0.15) is 255 Å². The molecule has 3 aromatic rings. The van der Waals surface area contributed by atoms with Gasteiger partial charge in [-0.15, -0.1) is 0 Å². The first-order chi connectivity index (χ1) is 34.6. The van der Waals surface area contributed by atoms with Crippen molar-refractivity contribution in [1.82, 2.24) is 0 Å². The van der Waals surface area contributed by atoms with Gasteiger partial charge in [-0.25, -0.2) is 4.79 Å². The number of carbonyl (C=O) groups excluding carboxylic acids is 1. The van der Waals surface area contributed by atoms with Crippen LogP contribution in [-0.2, 0) is 4.74 Å². The third-order valence-electron chi connectivity index (χ3n) is 13.6. The minimum atomic E-state index is -0.281. The number of ether oxygens (including phenoxy) is 5. The van der Waals surface area contributed by atoms with Gasteiger partial charge in [-0.1, -0.05) is 231 Å². The number of carbonyl (C=O) groups is 1. The van der Waals surface area contributed by atoms with E-state index in [0.29, 0.717) is 31.1 Å². The van der Waals surface area contributed by atoms with Crippen molar-refractivity contribution in [1.29, 1.82) is 0 Å².